The van der Waals surface area contributed by atoms with Gasteiger partial charge in [-0.05, 0) is 67.9 Å². The van der Waals surface area contributed by atoms with Crippen LogP contribution in [0.3, 0.4) is 0 Å². The molecule has 0 spiro atoms. The number of nitrogens with zero attached hydrogens (tertiary/aromatic N) is 5. The number of aryl methyl sites for hydroxylation is 3. The van der Waals surface area contributed by atoms with Crippen LogP contribution in [0.4, 0.5) is 5.82 Å². The molecule has 8 nitrogen and oxygen atoms in total. The maximum atomic E-state index is 13.8. The molecule has 0 saturated heterocycles. The number of amides is 1. The van der Waals surface area contributed by atoms with E-state index in [1.54, 1.807) is 17.9 Å². The van der Waals surface area contributed by atoms with E-state index in [1.165, 1.54) is 0 Å². The summed E-state index contributed by atoms with van der Waals surface area (Å²) < 4.78 is 6.92. The first-order chi connectivity index (χ1) is 18.9. The second-order valence-electron chi connectivity index (χ2n) is 9.49. The molecule has 192 valence electrons. The number of pyridine rings is 1. The minimum Gasteiger partial charge on any atom is -0.497 e. The molecule has 3 heterocycles. The molecule has 1 N–H and O–H groups in total. The van der Waals surface area contributed by atoms with Gasteiger partial charge in [0, 0.05) is 28.4 Å². The number of fused-ring (bicyclic) bond motifs is 2. The van der Waals surface area contributed by atoms with Gasteiger partial charge in [-0.2, -0.15) is 9.78 Å². The van der Waals surface area contributed by atoms with E-state index >= 15 is 0 Å². The van der Waals surface area contributed by atoms with Crippen molar-refractivity contribution in [1.29, 1.82) is 0 Å². The molecule has 6 aromatic rings. The number of hydrogen-bond acceptors (Lipinski definition) is 6. The molecule has 0 fully saturated rings. The van der Waals surface area contributed by atoms with E-state index in [1.807, 2.05) is 87.5 Å². The molecule has 0 aliphatic heterocycles. The van der Waals surface area contributed by atoms with Crippen molar-refractivity contribution in [2.45, 2.75) is 20.8 Å². The van der Waals surface area contributed by atoms with Crippen molar-refractivity contribution < 1.29 is 9.53 Å². The van der Waals surface area contributed by atoms with Crippen LogP contribution in [0.15, 0.2) is 78.9 Å². The van der Waals surface area contributed by atoms with E-state index in [2.05, 4.69) is 26.4 Å². The fourth-order valence-electron chi connectivity index (χ4n) is 4.75. The van der Waals surface area contributed by atoms with Crippen molar-refractivity contribution in [2.24, 2.45) is 0 Å². The predicted molar refractivity (Wildman–Crippen MR) is 153 cm³/mol. The van der Waals surface area contributed by atoms with Gasteiger partial charge in [-0.3, -0.25) is 4.79 Å². The number of carbonyl (C=O) groups is 1. The number of carbonyl (C=O) groups excluding carboxylic acids is 1. The highest BCUT2D eigenvalue weighted by atomic mass is 16.5. The molecule has 1 amide bonds. The Labute approximate surface area is 225 Å². The third-order valence-corrected chi connectivity index (χ3v) is 6.54. The van der Waals surface area contributed by atoms with Crippen molar-refractivity contribution >= 4 is 33.4 Å². The predicted octanol–water partition coefficient (Wildman–Crippen LogP) is 6.22. The van der Waals surface area contributed by atoms with Crippen LogP contribution in [0.1, 0.15) is 27.4 Å². The number of anilines is 1. The van der Waals surface area contributed by atoms with Crippen LogP contribution >= 0.6 is 0 Å². The Morgan fingerprint density at radius 1 is 0.795 bits per heavy atom. The van der Waals surface area contributed by atoms with Crippen LogP contribution in [0.2, 0.25) is 0 Å². The minimum atomic E-state index is -0.272. The molecule has 0 bridgehead atoms. The summed E-state index contributed by atoms with van der Waals surface area (Å²) in [5, 5.41) is 10.5. The summed E-state index contributed by atoms with van der Waals surface area (Å²) in [5.74, 6) is 1.43. The SMILES string of the molecule is COc1ccc2cc(-c3cc(C(=O)Nc4cc(C)nn4-c4nc(C)cc(C)n4)c4ccccc4n3)ccc2c1. The van der Waals surface area contributed by atoms with Gasteiger partial charge in [0.1, 0.15) is 11.6 Å². The molecule has 0 atom stereocenters. The summed E-state index contributed by atoms with van der Waals surface area (Å²) in [4.78, 5) is 27.7. The fraction of sp³-hybridized carbons (Fsp3) is 0.129. The van der Waals surface area contributed by atoms with Crippen LogP contribution in [0.5, 0.6) is 5.75 Å². The average molecular weight is 515 g/mol. The van der Waals surface area contributed by atoms with Crippen molar-refractivity contribution in [3.05, 3.63) is 102 Å². The molecule has 39 heavy (non-hydrogen) atoms. The maximum absolute atomic E-state index is 13.8. The second kappa shape index (κ2) is 9.64. The minimum absolute atomic E-state index is 0.272. The van der Waals surface area contributed by atoms with Crippen molar-refractivity contribution in [2.75, 3.05) is 12.4 Å². The first-order valence-electron chi connectivity index (χ1n) is 12.6. The van der Waals surface area contributed by atoms with Gasteiger partial charge in [0.05, 0.1) is 29.6 Å². The highest BCUT2D eigenvalue weighted by molar-refractivity contribution is 6.13. The van der Waals surface area contributed by atoms with Crippen molar-refractivity contribution in [1.82, 2.24) is 24.7 Å². The van der Waals surface area contributed by atoms with Gasteiger partial charge >= 0.3 is 0 Å². The Morgan fingerprint density at radius 2 is 1.54 bits per heavy atom. The number of aromatic nitrogens is 5. The first-order valence-corrected chi connectivity index (χ1v) is 12.6. The molecule has 6 rings (SSSR count). The highest BCUT2D eigenvalue weighted by Gasteiger charge is 2.18. The summed E-state index contributed by atoms with van der Waals surface area (Å²) in [5.41, 5.74) is 5.24. The Balaban J connectivity index is 1.42. The topological polar surface area (TPSA) is 94.8 Å². The molecule has 8 heteroatoms. The van der Waals surface area contributed by atoms with Crippen LogP contribution in [-0.2, 0) is 0 Å². The van der Waals surface area contributed by atoms with Gasteiger partial charge in [0.25, 0.3) is 11.9 Å². The number of para-hydroxylation sites is 1. The summed E-state index contributed by atoms with van der Waals surface area (Å²) in [6, 6.07) is 25.3. The fourth-order valence-corrected chi connectivity index (χ4v) is 4.75. The van der Waals surface area contributed by atoms with Crippen LogP contribution < -0.4 is 10.1 Å². The first kappa shape index (κ1) is 24.2. The van der Waals surface area contributed by atoms with Crippen molar-refractivity contribution in [3.8, 4) is 23.0 Å². The zero-order valence-electron chi connectivity index (χ0n) is 22.1. The van der Waals surface area contributed by atoms with E-state index in [-0.39, 0.29) is 5.91 Å². The van der Waals surface area contributed by atoms with Crippen molar-refractivity contribution in [3.63, 3.8) is 0 Å². The normalized spacial score (nSPS) is 11.2. The van der Waals surface area contributed by atoms with E-state index in [0.29, 0.717) is 23.0 Å². The summed E-state index contributed by atoms with van der Waals surface area (Å²) in [7, 11) is 1.66. The molecular formula is C31H26N6O2. The molecule has 3 aromatic heterocycles. The molecule has 0 aliphatic carbocycles. The number of rotatable bonds is 5. The van der Waals surface area contributed by atoms with E-state index in [4.69, 9.17) is 9.72 Å². The molecule has 0 unspecified atom stereocenters. The van der Waals surface area contributed by atoms with Gasteiger partial charge in [-0.25, -0.2) is 15.0 Å². The van der Waals surface area contributed by atoms with Crippen LogP contribution in [0.25, 0.3) is 38.9 Å². The zero-order chi connectivity index (χ0) is 27.1. The van der Waals surface area contributed by atoms with Gasteiger partial charge in [0.15, 0.2) is 0 Å². The van der Waals surface area contributed by atoms with Gasteiger partial charge in [-0.1, -0.05) is 36.4 Å². The number of nitrogens with one attached hydrogen (secondary N) is 1. The Morgan fingerprint density at radius 3 is 2.33 bits per heavy atom. The Hall–Kier alpha value is -5.11. The van der Waals surface area contributed by atoms with Gasteiger partial charge in [0.2, 0.25) is 0 Å². The lowest BCUT2D eigenvalue weighted by atomic mass is 10.0. The lowest BCUT2D eigenvalue weighted by molar-refractivity contribution is 0.102. The Kier molecular flexibility index (Phi) is 5.99. The summed E-state index contributed by atoms with van der Waals surface area (Å²) >= 11 is 0. The third kappa shape index (κ3) is 4.68. The lowest BCUT2D eigenvalue weighted by Crippen LogP contribution is -2.17. The summed E-state index contributed by atoms with van der Waals surface area (Å²) in [6.07, 6.45) is 0. The maximum Gasteiger partial charge on any atom is 0.257 e. The molecule has 0 radical (unpaired) electrons. The third-order valence-electron chi connectivity index (χ3n) is 6.54. The van der Waals surface area contributed by atoms with E-state index in [0.717, 1.165) is 50.1 Å². The standard InChI is InChI=1S/C31H26N6O2/c1-18-13-19(2)33-31(32-18)37-29(14-20(3)36-37)35-30(38)26-17-28(34-27-8-6-5-7-25(26)27)23-10-9-22-16-24(39-4)12-11-21(22)15-23/h5-17H,1-4H3,(H,35,38). The quantitative estimate of drug-likeness (QED) is 0.294. The van der Waals surface area contributed by atoms with Crippen LogP contribution in [-0.4, -0.2) is 37.7 Å². The number of ether oxygens (including phenoxy) is 1. The number of methoxy groups -OCH3 is 1. The second-order valence-corrected chi connectivity index (χ2v) is 9.49. The lowest BCUT2D eigenvalue weighted by Gasteiger charge is -2.12. The molecule has 3 aromatic carbocycles. The zero-order valence-corrected chi connectivity index (χ0v) is 22.1. The van der Waals surface area contributed by atoms with E-state index < -0.39 is 0 Å². The monoisotopic (exact) mass is 514 g/mol. The molecule has 0 saturated carbocycles. The smallest absolute Gasteiger partial charge is 0.257 e. The number of benzene rings is 3. The largest absolute Gasteiger partial charge is 0.497 e. The van der Waals surface area contributed by atoms with E-state index in [9.17, 15) is 4.79 Å². The summed E-state index contributed by atoms with van der Waals surface area (Å²) in [6.45, 7) is 5.67. The molecule has 0 aliphatic rings. The Bertz CT molecular complexity index is 1870. The number of hydrogen-bond donors (Lipinski definition) is 1. The highest BCUT2D eigenvalue weighted by Crippen LogP contribution is 2.29. The average Bonchev–Trinajstić information content (AvgIpc) is 3.30. The molecular weight excluding hydrogens is 488 g/mol. The van der Waals surface area contributed by atoms with Gasteiger partial charge in [-0.15, -0.1) is 0 Å². The van der Waals surface area contributed by atoms with Gasteiger partial charge < -0.3 is 10.1 Å². The van der Waals surface area contributed by atoms with Crippen LogP contribution in [0, 0.1) is 20.8 Å².